The van der Waals surface area contributed by atoms with Gasteiger partial charge in [0.25, 0.3) is 0 Å². The Kier molecular flexibility index (Phi) is 5.13. The zero-order valence-corrected chi connectivity index (χ0v) is 15.7. The predicted octanol–water partition coefficient (Wildman–Crippen LogP) is 3.12. The van der Waals surface area contributed by atoms with E-state index in [1.807, 2.05) is 54.6 Å². The van der Waals surface area contributed by atoms with Crippen LogP contribution in [0.2, 0.25) is 0 Å². The van der Waals surface area contributed by atoms with E-state index < -0.39 is 10.0 Å². The standard InChI is InChI=1S/C20H22N2O3S/c1-15(14-16-8-4-3-5-9-16)20(23)21-18-12-13-22(26(2,24)25)19-11-7-6-10-17(18)19/h3-11,14,18H,12-13H2,1-2H3,(H,21,23)/b15-14+. The molecule has 1 atom stereocenters. The summed E-state index contributed by atoms with van der Waals surface area (Å²) in [5, 5.41) is 3.04. The van der Waals surface area contributed by atoms with E-state index in [0.29, 0.717) is 24.2 Å². The van der Waals surface area contributed by atoms with E-state index in [1.165, 1.54) is 10.6 Å². The minimum absolute atomic E-state index is 0.151. The second-order valence-electron chi connectivity index (χ2n) is 6.45. The smallest absolute Gasteiger partial charge is 0.247 e. The molecule has 1 N–H and O–H groups in total. The lowest BCUT2D eigenvalue weighted by Crippen LogP contribution is -2.40. The van der Waals surface area contributed by atoms with Gasteiger partial charge in [-0.05, 0) is 36.6 Å². The summed E-state index contributed by atoms with van der Waals surface area (Å²) in [6.07, 6.45) is 3.58. The van der Waals surface area contributed by atoms with Gasteiger partial charge in [0, 0.05) is 12.1 Å². The molecule has 6 heteroatoms. The molecule has 5 nitrogen and oxygen atoms in total. The Morgan fingerprint density at radius 1 is 1.12 bits per heavy atom. The van der Waals surface area contributed by atoms with E-state index in [-0.39, 0.29) is 11.9 Å². The molecule has 1 amide bonds. The summed E-state index contributed by atoms with van der Waals surface area (Å²) in [5.41, 5.74) is 3.04. The Hall–Kier alpha value is -2.60. The van der Waals surface area contributed by atoms with Crippen LogP contribution in [0.3, 0.4) is 0 Å². The van der Waals surface area contributed by atoms with Gasteiger partial charge in [0.1, 0.15) is 0 Å². The van der Waals surface area contributed by atoms with Crippen molar-refractivity contribution in [3.05, 3.63) is 71.3 Å². The Morgan fingerprint density at radius 2 is 1.77 bits per heavy atom. The molecule has 0 bridgehead atoms. The van der Waals surface area contributed by atoms with Crippen LogP contribution in [0.4, 0.5) is 5.69 Å². The summed E-state index contributed by atoms with van der Waals surface area (Å²) in [7, 11) is -3.34. The molecule has 136 valence electrons. The molecule has 26 heavy (non-hydrogen) atoms. The zero-order valence-electron chi connectivity index (χ0n) is 14.8. The van der Waals surface area contributed by atoms with Crippen LogP contribution in [-0.2, 0) is 14.8 Å². The second-order valence-corrected chi connectivity index (χ2v) is 8.35. The fourth-order valence-corrected chi connectivity index (χ4v) is 4.12. The van der Waals surface area contributed by atoms with E-state index in [4.69, 9.17) is 0 Å². The summed E-state index contributed by atoms with van der Waals surface area (Å²) in [6.45, 7) is 2.13. The molecule has 1 aliphatic rings. The maximum Gasteiger partial charge on any atom is 0.247 e. The Morgan fingerprint density at radius 3 is 2.46 bits per heavy atom. The Bertz CT molecular complexity index is 937. The fraction of sp³-hybridized carbons (Fsp3) is 0.250. The molecule has 2 aromatic rings. The van der Waals surface area contributed by atoms with Crippen molar-refractivity contribution in [3.63, 3.8) is 0 Å². The van der Waals surface area contributed by atoms with Crippen molar-refractivity contribution >= 4 is 27.7 Å². The first-order chi connectivity index (χ1) is 12.4. The number of hydrogen-bond donors (Lipinski definition) is 1. The van der Waals surface area contributed by atoms with Crippen LogP contribution in [-0.4, -0.2) is 27.1 Å². The summed E-state index contributed by atoms with van der Waals surface area (Å²) in [5.74, 6) is -0.151. The molecule has 0 aliphatic carbocycles. The van der Waals surface area contributed by atoms with E-state index in [1.54, 1.807) is 13.0 Å². The van der Waals surface area contributed by atoms with Crippen LogP contribution >= 0.6 is 0 Å². The average Bonchev–Trinajstić information content (AvgIpc) is 2.61. The number of carbonyl (C=O) groups excluding carboxylic acids is 1. The molecule has 0 saturated carbocycles. The van der Waals surface area contributed by atoms with E-state index in [2.05, 4.69) is 5.32 Å². The van der Waals surface area contributed by atoms with Crippen LogP contribution in [0, 0.1) is 0 Å². The highest BCUT2D eigenvalue weighted by atomic mass is 32.2. The molecule has 0 fully saturated rings. The van der Waals surface area contributed by atoms with E-state index >= 15 is 0 Å². The van der Waals surface area contributed by atoms with Crippen molar-refractivity contribution in [2.75, 3.05) is 17.1 Å². The largest absolute Gasteiger partial charge is 0.345 e. The highest BCUT2D eigenvalue weighted by Gasteiger charge is 2.30. The number of hydrogen-bond acceptors (Lipinski definition) is 3. The van der Waals surface area contributed by atoms with Gasteiger partial charge in [-0.15, -0.1) is 0 Å². The molecule has 1 aliphatic heterocycles. The number of benzene rings is 2. The molecule has 0 saturated heterocycles. The predicted molar refractivity (Wildman–Crippen MR) is 104 cm³/mol. The third-order valence-electron chi connectivity index (χ3n) is 4.45. The topological polar surface area (TPSA) is 66.5 Å². The van der Waals surface area contributed by atoms with E-state index in [9.17, 15) is 13.2 Å². The fourth-order valence-electron chi connectivity index (χ4n) is 3.16. The molecule has 1 unspecified atom stereocenters. The van der Waals surface area contributed by atoms with Gasteiger partial charge in [-0.3, -0.25) is 9.10 Å². The second kappa shape index (κ2) is 7.33. The number of anilines is 1. The van der Waals surface area contributed by atoms with Gasteiger partial charge in [-0.25, -0.2) is 8.42 Å². The summed E-state index contributed by atoms with van der Waals surface area (Å²) in [4.78, 5) is 12.6. The van der Waals surface area contributed by atoms with Crippen LogP contribution in [0.15, 0.2) is 60.2 Å². The Balaban J connectivity index is 1.82. The van der Waals surface area contributed by atoms with Crippen molar-refractivity contribution < 1.29 is 13.2 Å². The average molecular weight is 370 g/mol. The number of fused-ring (bicyclic) bond motifs is 1. The van der Waals surface area contributed by atoms with Crippen LogP contribution in [0.25, 0.3) is 6.08 Å². The summed E-state index contributed by atoms with van der Waals surface area (Å²) >= 11 is 0. The van der Waals surface area contributed by atoms with E-state index in [0.717, 1.165) is 11.1 Å². The molecule has 0 spiro atoms. The van der Waals surface area contributed by atoms with Crippen LogP contribution in [0.1, 0.15) is 30.5 Å². The van der Waals surface area contributed by atoms with Crippen LogP contribution in [0.5, 0.6) is 0 Å². The number of sulfonamides is 1. The SMILES string of the molecule is C/C(=C\c1ccccc1)C(=O)NC1CCN(S(C)(=O)=O)c2ccccc21. The lowest BCUT2D eigenvalue weighted by atomic mass is 9.97. The highest BCUT2D eigenvalue weighted by Crippen LogP contribution is 2.35. The number of nitrogens with zero attached hydrogens (tertiary/aromatic N) is 1. The first-order valence-electron chi connectivity index (χ1n) is 8.47. The zero-order chi connectivity index (χ0) is 18.7. The lowest BCUT2D eigenvalue weighted by molar-refractivity contribution is -0.118. The third kappa shape index (κ3) is 3.96. The van der Waals surface area contributed by atoms with Gasteiger partial charge in [-0.2, -0.15) is 0 Å². The van der Waals surface area contributed by atoms with Crippen LogP contribution < -0.4 is 9.62 Å². The molecule has 1 heterocycles. The minimum atomic E-state index is -3.34. The van der Waals surface area contributed by atoms with Crippen molar-refractivity contribution in [2.24, 2.45) is 0 Å². The molecule has 3 rings (SSSR count). The number of nitrogens with one attached hydrogen (secondary N) is 1. The maximum atomic E-state index is 12.6. The van der Waals surface area contributed by atoms with Gasteiger partial charge in [0.2, 0.25) is 15.9 Å². The molecular formula is C20H22N2O3S. The molecule has 0 aromatic heterocycles. The minimum Gasteiger partial charge on any atom is -0.345 e. The number of amides is 1. The summed E-state index contributed by atoms with van der Waals surface area (Å²) in [6, 6.07) is 16.8. The number of para-hydroxylation sites is 1. The molecule has 2 aromatic carbocycles. The van der Waals surface area contributed by atoms with Gasteiger partial charge < -0.3 is 5.32 Å². The first-order valence-corrected chi connectivity index (χ1v) is 10.3. The van der Waals surface area contributed by atoms with Gasteiger partial charge >= 0.3 is 0 Å². The third-order valence-corrected chi connectivity index (χ3v) is 5.63. The maximum absolute atomic E-state index is 12.6. The van der Waals surface area contributed by atoms with Gasteiger partial charge in [0.15, 0.2) is 0 Å². The van der Waals surface area contributed by atoms with Gasteiger partial charge in [0.05, 0.1) is 18.0 Å². The first kappa shape index (κ1) is 18.2. The Labute approximate surface area is 154 Å². The molecular weight excluding hydrogens is 348 g/mol. The monoisotopic (exact) mass is 370 g/mol. The quantitative estimate of drug-likeness (QED) is 0.841. The lowest BCUT2D eigenvalue weighted by Gasteiger charge is -2.34. The highest BCUT2D eigenvalue weighted by molar-refractivity contribution is 7.92. The van der Waals surface area contributed by atoms with Crippen molar-refractivity contribution in [1.29, 1.82) is 0 Å². The van der Waals surface area contributed by atoms with Crippen molar-refractivity contribution in [1.82, 2.24) is 5.32 Å². The van der Waals surface area contributed by atoms with Crippen molar-refractivity contribution in [2.45, 2.75) is 19.4 Å². The van der Waals surface area contributed by atoms with Crippen molar-refractivity contribution in [3.8, 4) is 0 Å². The number of carbonyl (C=O) groups is 1. The summed E-state index contributed by atoms with van der Waals surface area (Å²) < 4.78 is 25.4. The van der Waals surface area contributed by atoms with Gasteiger partial charge in [-0.1, -0.05) is 48.5 Å². The number of rotatable bonds is 4. The molecule has 0 radical (unpaired) electrons. The normalized spacial score (nSPS) is 17.5.